The molecule has 1 aromatic rings. The number of carbonyl (C=O) groups is 1. The predicted molar refractivity (Wildman–Crippen MR) is 88.7 cm³/mol. The van der Waals surface area contributed by atoms with Crippen LogP contribution in [0.25, 0.3) is 0 Å². The summed E-state index contributed by atoms with van der Waals surface area (Å²) in [6.07, 6.45) is 1.04. The van der Waals surface area contributed by atoms with E-state index in [0.717, 1.165) is 5.56 Å². The van der Waals surface area contributed by atoms with Crippen LogP contribution in [-0.4, -0.2) is 12.9 Å². The molecule has 1 aliphatic carbocycles. The zero-order chi connectivity index (χ0) is 17.5. The molecule has 0 spiro atoms. The fourth-order valence-electron chi connectivity index (χ4n) is 3.41. The second-order valence-electron chi connectivity index (χ2n) is 6.99. The number of nitrogens with zero attached hydrogens (tertiary/aromatic N) is 1. The fraction of sp³-hybridized carbons (Fsp3) is 0.368. The van der Waals surface area contributed by atoms with Crippen LogP contribution < -0.4 is 10.5 Å². The second kappa shape index (κ2) is 5.72. The molecular formula is C19H20N2O3. The normalized spacial score (nSPS) is 22.6. The van der Waals surface area contributed by atoms with Crippen LogP contribution in [0.5, 0.6) is 5.75 Å². The summed E-state index contributed by atoms with van der Waals surface area (Å²) in [5, 5.41) is 9.37. The van der Waals surface area contributed by atoms with Crippen molar-refractivity contribution in [3.63, 3.8) is 0 Å². The minimum atomic E-state index is -0.470. The summed E-state index contributed by atoms with van der Waals surface area (Å²) >= 11 is 0. The van der Waals surface area contributed by atoms with Crippen molar-refractivity contribution < 1.29 is 14.3 Å². The minimum absolute atomic E-state index is 0.0222. The van der Waals surface area contributed by atoms with Gasteiger partial charge in [0, 0.05) is 18.4 Å². The predicted octanol–water partition coefficient (Wildman–Crippen LogP) is 3.15. The number of ketones is 1. The SMILES string of the molecule is COc1cccc(C2C(N)=C(C#N)OC3=C2C(=O)CC(C)(C)C3)c1. The molecule has 0 saturated carbocycles. The van der Waals surface area contributed by atoms with Crippen molar-refractivity contribution in [3.05, 3.63) is 52.6 Å². The summed E-state index contributed by atoms with van der Waals surface area (Å²) in [6, 6.07) is 9.42. The lowest BCUT2D eigenvalue weighted by molar-refractivity contribution is -0.119. The number of allylic oxidation sites excluding steroid dienone is 3. The maximum atomic E-state index is 12.8. The molecule has 0 saturated heterocycles. The maximum Gasteiger partial charge on any atom is 0.223 e. The van der Waals surface area contributed by atoms with E-state index >= 15 is 0 Å². The van der Waals surface area contributed by atoms with E-state index in [1.165, 1.54) is 0 Å². The van der Waals surface area contributed by atoms with E-state index in [4.69, 9.17) is 15.2 Å². The molecule has 124 valence electrons. The van der Waals surface area contributed by atoms with Crippen LogP contribution in [-0.2, 0) is 9.53 Å². The molecule has 1 heterocycles. The minimum Gasteiger partial charge on any atom is -0.497 e. The van der Waals surface area contributed by atoms with Crippen molar-refractivity contribution in [1.82, 2.24) is 0 Å². The van der Waals surface area contributed by atoms with E-state index in [0.29, 0.717) is 29.9 Å². The zero-order valence-corrected chi connectivity index (χ0v) is 14.1. The molecule has 1 unspecified atom stereocenters. The highest BCUT2D eigenvalue weighted by Crippen LogP contribution is 2.47. The van der Waals surface area contributed by atoms with Crippen LogP contribution in [0.4, 0.5) is 0 Å². The van der Waals surface area contributed by atoms with Gasteiger partial charge < -0.3 is 15.2 Å². The molecule has 0 amide bonds. The highest BCUT2D eigenvalue weighted by molar-refractivity contribution is 5.99. The first-order chi connectivity index (χ1) is 11.4. The standard InChI is InChI=1S/C19H20N2O3/c1-19(2)8-13(22)17-14(9-19)24-15(10-20)18(21)16(17)11-5-4-6-12(7-11)23-3/h4-7,16H,8-9,21H2,1-3H3. The Balaban J connectivity index is 2.17. The van der Waals surface area contributed by atoms with Gasteiger partial charge >= 0.3 is 0 Å². The highest BCUT2D eigenvalue weighted by atomic mass is 16.5. The molecule has 0 aromatic heterocycles. The lowest BCUT2D eigenvalue weighted by Crippen LogP contribution is -2.34. The molecule has 2 N–H and O–H groups in total. The van der Waals surface area contributed by atoms with Gasteiger partial charge in [-0.25, -0.2) is 0 Å². The second-order valence-corrected chi connectivity index (χ2v) is 6.99. The molecule has 0 radical (unpaired) electrons. The number of rotatable bonds is 2. The van der Waals surface area contributed by atoms with Gasteiger partial charge in [-0.2, -0.15) is 5.26 Å². The van der Waals surface area contributed by atoms with E-state index in [1.807, 2.05) is 44.2 Å². The number of carbonyl (C=O) groups excluding carboxylic acids is 1. The summed E-state index contributed by atoms with van der Waals surface area (Å²) in [6.45, 7) is 4.04. The number of nitriles is 1. The summed E-state index contributed by atoms with van der Waals surface area (Å²) < 4.78 is 11.0. The lowest BCUT2D eigenvalue weighted by Gasteiger charge is -2.37. The molecule has 2 aliphatic rings. The van der Waals surface area contributed by atoms with Crippen LogP contribution in [0.3, 0.4) is 0 Å². The molecule has 0 bridgehead atoms. The number of methoxy groups -OCH3 is 1. The van der Waals surface area contributed by atoms with Gasteiger partial charge in [-0.15, -0.1) is 0 Å². The van der Waals surface area contributed by atoms with Gasteiger partial charge in [-0.1, -0.05) is 26.0 Å². The van der Waals surface area contributed by atoms with Crippen molar-refractivity contribution in [2.24, 2.45) is 11.1 Å². The Bertz CT molecular complexity index is 812. The Morgan fingerprint density at radius 3 is 2.79 bits per heavy atom. The highest BCUT2D eigenvalue weighted by Gasteiger charge is 2.42. The lowest BCUT2D eigenvalue weighted by atomic mass is 9.71. The zero-order valence-electron chi connectivity index (χ0n) is 14.1. The first kappa shape index (κ1) is 16.1. The Morgan fingerprint density at radius 1 is 1.38 bits per heavy atom. The number of ether oxygens (including phenoxy) is 2. The molecular weight excluding hydrogens is 304 g/mol. The van der Waals surface area contributed by atoms with E-state index in [1.54, 1.807) is 7.11 Å². The van der Waals surface area contributed by atoms with Crippen LogP contribution in [0.1, 0.15) is 38.2 Å². The Hall–Kier alpha value is -2.74. The third kappa shape index (κ3) is 2.65. The average Bonchev–Trinajstić information content (AvgIpc) is 2.54. The summed E-state index contributed by atoms with van der Waals surface area (Å²) in [5.41, 5.74) is 7.67. The van der Waals surface area contributed by atoms with E-state index in [-0.39, 0.29) is 22.7 Å². The Kier molecular flexibility index (Phi) is 3.84. The van der Waals surface area contributed by atoms with Crippen LogP contribution in [0.15, 0.2) is 47.1 Å². The first-order valence-corrected chi connectivity index (χ1v) is 7.84. The van der Waals surface area contributed by atoms with Gasteiger partial charge in [0.25, 0.3) is 0 Å². The summed E-state index contributed by atoms with van der Waals surface area (Å²) in [5.74, 6) is 0.869. The number of Topliss-reactive ketones (excluding diaryl/α,β-unsaturated/α-hetero) is 1. The van der Waals surface area contributed by atoms with Crippen molar-refractivity contribution >= 4 is 5.78 Å². The molecule has 5 heteroatoms. The quantitative estimate of drug-likeness (QED) is 0.903. The summed E-state index contributed by atoms with van der Waals surface area (Å²) in [7, 11) is 1.59. The van der Waals surface area contributed by atoms with Crippen molar-refractivity contribution in [3.8, 4) is 11.8 Å². The average molecular weight is 324 g/mol. The van der Waals surface area contributed by atoms with E-state index < -0.39 is 5.92 Å². The van der Waals surface area contributed by atoms with Gasteiger partial charge in [0.15, 0.2) is 5.78 Å². The van der Waals surface area contributed by atoms with Crippen LogP contribution in [0, 0.1) is 16.7 Å². The third-order valence-corrected chi connectivity index (χ3v) is 4.49. The van der Waals surface area contributed by atoms with Gasteiger partial charge in [0.1, 0.15) is 17.6 Å². The summed E-state index contributed by atoms with van der Waals surface area (Å²) in [4.78, 5) is 12.8. The molecule has 5 nitrogen and oxygen atoms in total. The monoisotopic (exact) mass is 324 g/mol. The first-order valence-electron chi connectivity index (χ1n) is 7.84. The molecule has 1 atom stereocenters. The molecule has 1 aliphatic heterocycles. The Morgan fingerprint density at radius 2 is 2.12 bits per heavy atom. The number of hydrogen-bond acceptors (Lipinski definition) is 5. The number of hydrogen-bond donors (Lipinski definition) is 1. The molecule has 1 aromatic carbocycles. The van der Waals surface area contributed by atoms with Gasteiger partial charge in [-0.05, 0) is 23.1 Å². The smallest absolute Gasteiger partial charge is 0.223 e. The van der Waals surface area contributed by atoms with Crippen LogP contribution in [0.2, 0.25) is 0 Å². The topological polar surface area (TPSA) is 85.3 Å². The molecule has 3 rings (SSSR count). The number of benzene rings is 1. The van der Waals surface area contributed by atoms with Crippen LogP contribution >= 0.6 is 0 Å². The maximum absolute atomic E-state index is 12.8. The van der Waals surface area contributed by atoms with Crippen molar-refractivity contribution in [2.45, 2.75) is 32.6 Å². The Labute approximate surface area is 141 Å². The van der Waals surface area contributed by atoms with Gasteiger partial charge in [0.2, 0.25) is 5.76 Å². The molecule has 0 fully saturated rings. The van der Waals surface area contributed by atoms with E-state index in [2.05, 4.69) is 0 Å². The van der Waals surface area contributed by atoms with Crippen molar-refractivity contribution in [1.29, 1.82) is 5.26 Å². The largest absolute Gasteiger partial charge is 0.497 e. The van der Waals surface area contributed by atoms with Gasteiger partial charge in [0.05, 0.1) is 18.7 Å². The van der Waals surface area contributed by atoms with Gasteiger partial charge in [-0.3, -0.25) is 4.79 Å². The number of nitrogens with two attached hydrogens (primary N) is 1. The third-order valence-electron chi connectivity index (χ3n) is 4.49. The van der Waals surface area contributed by atoms with E-state index in [9.17, 15) is 10.1 Å². The fourth-order valence-corrected chi connectivity index (χ4v) is 3.41. The molecule has 24 heavy (non-hydrogen) atoms. The van der Waals surface area contributed by atoms with Crippen molar-refractivity contribution in [2.75, 3.05) is 7.11 Å².